The molecule has 0 amide bonds. The van der Waals surface area contributed by atoms with Crippen molar-refractivity contribution in [2.24, 2.45) is 0 Å². The Kier molecular flexibility index (Phi) is 2.62. The largest absolute Gasteiger partial charge is 0.478 e. The molecule has 0 spiro atoms. The molecule has 0 saturated heterocycles. The Morgan fingerprint density at radius 2 is 2.21 bits per heavy atom. The van der Waals surface area contributed by atoms with Gasteiger partial charge in [0, 0.05) is 12.0 Å². The zero-order chi connectivity index (χ0) is 13.6. The van der Waals surface area contributed by atoms with Crippen molar-refractivity contribution >= 4 is 17.0 Å². The number of hydrogen-bond acceptors (Lipinski definition) is 2. The maximum Gasteiger partial charge on any atom is 0.335 e. The van der Waals surface area contributed by atoms with Gasteiger partial charge in [-0.05, 0) is 44.4 Å². The van der Waals surface area contributed by atoms with Gasteiger partial charge in [-0.15, -0.1) is 0 Å². The molecule has 4 nitrogen and oxygen atoms in total. The van der Waals surface area contributed by atoms with Crippen molar-refractivity contribution in [3.05, 3.63) is 29.6 Å². The van der Waals surface area contributed by atoms with E-state index < -0.39 is 5.97 Å². The van der Waals surface area contributed by atoms with Crippen LogP contribution in [0.2, 0.25) is 0 Å². The van der Waals surface area contributed by atoms with Crippen LogP contribution in [-0.4, -0.2) is 20.6 Å². The molecule has 0 bridgehead atoms. The number of carboxylic acid groups (broad SMARTS) is 1. The van der Waals surface area contributed by atoms with Gasteiger partial charge in [0.1, 0.15) is 5.82 Å². The van der Waals surface area contributed by atoms with Crippen LogP contribution in [0.3, 0.4) is 0 Å². The maximum atomic E-state index is 11.1. The molecule has 0 unspecified atom stereocenters. The van der Waals surface area contributed by atoms with Crippen molar-refractivity contribution in [3.8, 4) is 0 Å². The third kappa shape index (κ3) is 1.91. The van der Waals surface area contributed by atoms with Gasteiger partial charge >= 0.3 is 5.97 Å². The van der Waals surface area contributed by atoms with Gasteiger partial charge in [0.15, 0.2) is 0 Å². The van der Waals surface area contributed by atoms with Gasteiger partial charge in [-0.25, -0.2) is 9.78 Å². The number of carbonyl (C=O) groups is 1. The highest BCUT2D eigenvalue weighted by Gasteiger charge is 2.41. The molecule has 1 saturated carbocycles. The first-order valence-corrected chi connectivity index (χ1v) is 6.80. The Balaban J connectivity index is 2.24. The quantitative estimate of drug-likeness (QED) is 0.916. The number of carboxylic acids is 1. The van der Waals surface area contributed by atoms with E-state index in [0.29, 0.717) is 5.56 Å². The van der Waals surface area contributed by atoms with Crippen molar-refractivity contribution in [2.45, 2.75) is 45.1 Å². The zero-order valence-electron chi connectivity index (χ0n) is 11.3. The number of rotatable bonds is 4. The van der Waals surface area contributed by atoms with E-state index in [9.17, 15) is 4.79 Å². The maximum absolute atomic E-state index is 11.1. The van der Waals surface area contributed by atoms with Gasteiger partial charge in [0.05, 0.1) is 16.6 Å². The average Bonchev–Trinajstić information content (AvgIpc) is 3.00. The number of aromatic nitrogens is 2. The van der Waals surface area contributed by atoms with Crippen LogP contribution in [0.15, 0.2) is 18.2 Å². The smallest absolute Gasteiger partial charge is 0.335 e. The summed E-state index contributed by atoms with van der Waals surface area (Å²) in [5.41, 5.74) is 2.34. The van der Waals surface area contributed by atoms with Gasteiger partial charge in [-0.3, -0.25) is 0 Å². The number of nitrogens with zero attached hydrogens (tertiary/aromatic N) is 2. The average molecular weight is 258 g/mol. The fraction of sp³-hybridized carbons (Fsp3) is 0.467. The molecule has 1 fully saturated rings. The van der Waals surface area contributed by atoms with Crippen molar-refractivity contribution in [1.82, 2.24) is 9.55 Å². The Labute approximate surface area is 112 Å². The predicted molar refractivity (Wildman–Crippen MR) is 73.6 cm³/mol. The topological polar surface area (TPSA) is 55.1 Å². The molecule has 0 radical (unpaired) electrons. The number of benzene rings is 1. The molecule has 100 valence electrons. The molecule has 19 heavy (non-hydrogen) atoms. The number of imidazole rings is 1. The molecular formula is C15H18N2O2. The van der Waals surface area contributed by atoms with Crippen LogP contribution in [-0.2, 0) is 12.0 Å². The van der Waals surface area contributed by atoms with Gasteiger partial charge in [-0.1, -0.05) is 6.92 Å². The van der Waals surface area contributed by atoms with E-state index in [0.717, 1.165) is 42.5 Å². The summed E-state index contributed by atoms with van der Waals surface area (Å²) in [6.07, 6.45) is 4.27. The number of aromatic carboxylic acids is 1. The first-order valence-electron chi connectivity index (χ1n) is 6.80. The van der Waals surface area contributed by atoms with Crippen molar-refractivity contribution < 1.29 is 9.90 Å². The molecule has 3 rings (SSSR count). The highest BCUT2D eigenvalue weighted by molar-refractivity contribution is 5.92. The van der Waals surface area contributed by atoms with Crippen LogP contribution in [0.5, 0.6) is 0 Å². The number of aryl methyl sites for hydroxylation is 1. The number of hydrogen-bond donors (Lipinski definition) is 1. The van der Waals surface area contributed by atoms with Crippen molar-refractivity contribution in [2.75, 3.05) is 0 Å². The second-order valence-corrected chi connectivity index (χ2v) is 5.62. The Hall–Kier alpha value is -1.84. The summed E-state index contributed by atoms with van der Waals surface area (Å²) in [4.78, 5) is 15.8. The molecular weight excluding hydrogens is 240 g/mol. The van der Waals surface area contributed by atoms with E-state index in [1.165, 1.54) is 0 Å². The molecule has 1 aliphatic rings. The second kappa shape index (κ2) is 4.08. The normalized spacial score (nSPS) is 16.7. The van der Waals surface area contributed by atoms with E-state index in [1.54, 1.807) is 12.1 Å². The Morgan fingerprint density at radius 1 is 1.47 bits per heavy atom. The van der Waals surface area contributed by atoms with E-state index in [4.69, 9.17) is 5.11 Å². The summed E-state index contributed by atoms with van der Waals surface area (Å²) >= 11 is 0. The summed E-state index contributed by atoms with van der Waals surface area (Å²) in [7, 11) is 0. The summed E-state index contributed by atoms with van der Waals surface area (Å²) < 4.78 is 2.26. The van der Waals surface area contributed by atoms with Gasteiger partial charge in [-0.2, -0.15) is 0 Å². The lowest BCUT2D eigenvalue weighted by Crippen LogP contribution is -2.15. The molecule has 0 atom stereocenters. The van der Waals surface area contributed by atoms with Crippen LogP contribution in [0, 0.1) is 0 Å². The van der Waals surface area contributed by atoms with E-state index >= 15 is 0 Å². The molecule has 2 aromatic rings. The highest BCUT2D eigenvalue weighted by Crippen LogP contribution is 2.45. The van der Waals surface area contributed by atoms with Gasteiger partial charge in [0.2, 0.25) is 0 Å². The molecule has 1 N–H and O–H groups in total. The van der Waals surface area contributed by atoms with E-state index in [-0.39, 0.29) is 5.54 Å². The summed E-state index contributed by atoms with van der Waals surface area (Å²) in [5, 5.41) is 9.13. The minimum Gasteiger partial charge on any atom is -0.478 e. The third-order valence-corrected chi connectivity index (χ3v) is 3.96. The fourth-order valence-corrected chi connectivity index (χ4v) is 2.66. The fourth-order valence-electron chi connectivity index (χ4n) is 2.66. The van der Waals surface area contributed by atoms with Crippen LogP contribution >= 0.6 is 0 Å². The third-order valence-electron chi connectivity index (χ3n) is 3.96. The minimum atomic E-state index is -0.882. The van der Waals surface area contributed by atoms with Crippen molar-refractivity contribution in [3.63, 3.8) is 0 Å². The van der Waals surface area contributed by atoms with Gasteiger partial charge in [0.25, 0.3) is 0 Å². The molecule has 0 aliphatic heterocycles. The molecule has 1 aliphatic carbocycles. The first kappa shape index (κ1) is 12.2. The predicted octanol–water partition coefficient (Wildman–Crippen LogP) is 3.20. The summed E-state index contributed by atoms with van der Waals surface area (Å²) in [6, 6.07) is 5.21. The second-order valence-electron chi connectivity index (χ2n) is 5.62. The Bertz CT molecular complexity index is 653. The lowest BCUT2D eigenvalue weighted by molar-refractivity contribution is 0.0697. The number of fused-ring (bicyclic) bond motifs is 1. The molecule has 1 aromatic carbocycles. The SMILES string of the molecule is CCCc1nc2ccc(C(=O)O)cc2n1C1(C)CC1. The van der Waals surface area contributed by atoms with Crippen LogP contribution in [0.25, 0.3) is 11.0 Å². The summed E-state index contributed by atoms with van der Waals surface area (Å²) in [6.45, 7) is 4.36. The highest BCUT2D eigenvalue weighted by atomic mass is 16.4. The van der Waals surface area contributed by atoms with Gasteiger partial charge < -0.3 is 9.67 Å². The monoisotopic (exact) mass is 258 g/mol. The van der Waals surface area contributed by atoms with Crippen LogP contribution < -0.4 is 0 Å². The van der Waals surface area contributed by atoms with Crippen LogP contribution in [0.4, 0.5) is 0 Å². The summed E-state index contributed by atoms with van der Waals surface area (Å²) in [5.74, 6) is 0.202. The minimum absolute atomic E-state index is 0.135. The lowest BCUT2D eigenvalue weighted by Gasteiger charge is -2.16. The zero-order valence-corrected chi connectivity index (χ0v) is 11.3. The lowest BCUT2D eigenvalue weighted by atomic mass is 10.2. The van der Waals surface area contributed by atoms with E-state index in [2.05, 4.69) is 23.4 Å². The molecule has 4 heteroatoms. The Morgan fingerprint density at radius 3 is 2.79 bits per heavy atom. The van der Waals surface area contributed by atoms with Crippen molar-refractivity contribution in [1.29, 1.82) is 0 Å². The molecule has 1 heterocycles. The van der Waals surface area contributed by atoms with Crippen LogP contribution in [0.1, 0.15) is 49.3 Å². The standard InChI is InChI=1S/C15H18N2O2/c1-3-4-13-16-11-6-5-10(14(18)19)9-12(11)17(13)15(2)7-8-15/h5-6,9H,3-4,7-8H2,1-2H3,(H,18,19). The first-order chi connectivity index (χ1) is 9.05. The van der Waals surface area contributed by atoms with E-state index in [1.807, 2.05) is 6.07 Å². The molecule has 1 aromatic heterocycles.